The zero-order chi connectivity index (χ0) is 9.84. The summed E-state index contributed by atoms with van der Waals surface area (Å²) in [5.41, 5.74) is 0.456. The molecule has 1 saturated heterocycles. The number of carbonyl (C=O) groups is 1. The standard InChI is InChI=1S/C9H14FNO2/c1-2-11-5-3-7(4-6-11)8(10)9(12)13/h2-6H2,1H3,(H,12,13). The number of hydrogen-bond acceptors (Lipinski definition) is 2. The molecule has 0 aliphatic carbocycles. The maximum atomic E-state index is 12.9. The van der Waals surface area contributed by atoms with Gasteiger partial charge in [0.25, 0.3) is 0 Å². The Balaban J connectivity index is 2.58. The van der Waals surface area contributed by atoms with E-state index in [-0.39, 0.29) is 0 Å². The Kier molecular flexibility index (Phi) is 3.42. The van der Waals surface area contributed by atoms with Crippen LogP contribution < -0.4 is 0 Å². The molecule has 0 amide bonds. The fourth-order valence-electron chi connectivity index (χ4n) is 1.51. The van der Waals surface area contributed by atoms with Gasteiger partial charge in [0.2, 0.25) is 5.83 Å². The van der Waals surface area contributed by atoms with Crippen molar-refractivity contribution >= 4 is 5.97 Å². The van der Waals surface area contributed by atoms with E-state index in [1.165, 1.54) is 0 Å². The van der Waals surface area contributed by atoms with Gasteiger partial charge in [0.1, 0.15) is 0 Å². The summed E-state index contributed by atoms with van der Waals surface area (Å²) in [6, 6.07) is 0. The van der Waals surface area contributed by atoms with Gasteiger partial charge in [0, 0.05) is 13.1 Å². The average molecular weight is 187 g/mol. The van der Waals surface area contributed by atoms with E-state index in [4.69, 9.17) is 5.11 Å². The number of piperidine rings is 1. The van der Waals surface area contributed by atoms with Crippen LogP contribution in [-0.2, 0) is 4.79 Å². The number of rotatable bonds is 2. The highest BCUT2D eigenvalue weighted by atomic mass is 19.1. The summed E-state index contributed by atoms with van der Waals surface area (Å²) >= 11 is 0. The summed E-state index contributed by atoms with van der Waals surface area (Å²) in [5.74, 6) is -2.38. The van der Waals surface area contributed by atoms with Crippen molar-refractivity contribution in [3.8, 4) is 0 Å². The molecule has 1 heterocycles. The molecule has 1 aliphatic heterocycles. The largest absolute Gasteiger partial charge is 0.476 e. The molecular formula is C9H14FNO2. The second-order valence-corrected chi connectivity index (χ2v) is 3.16. The van der Waals surface area contributed by atoms with Gasteiger partial charge in [-0.3, -0.25) is 0 Å². The van der Waals surface area contributed by atoms with E-state index >= 15 is 0 Å². The fraction of sp³-hybridized carbons (Fsp3) is 0.667. The molecule has 0 aromatic carbocycles. The minimum absolute atomic E-state index is 0.456. The molecule has 0 aromatic rings. The van der Waals surface area contributed by atoms with Gasteiger partial charge in [-0.25, -0.2) is 4.79 Å². The molecule has 1 N–H and O–H groups in total. The molecule has 1 aliphatic rings. The average Bonchev–Trinajstić information content (AvgIpc) is 2.17. The zero-order valence-corrected chi connectivity index (χ0v) is 7.72. The topological polar surface area (TPSA) is 40.5 Å². The monoisotopic (exact) mass is 187 g/mol. The maximum Gasteiger partial charge on any atom is 0.364 e. The van der Waals surface area contributed by atoms with Crippen LogP contribution in [0.25, 0.3) is 0 Å². The van der Waals surface area contributed by atoms with Gasteiger partial charge in [-0.15, -0.1) is 0 Å². The number of carboxylic acids is 1. The third-order valence-electron chi connectivity index (χ3n) is 2.41. The molecule has 0 aromatic heterocycles. The summed E-state index contributed by atoms with van der Waals surface area (Å²) < 4.78 is 12.9. The van der Waals surface area contributed by atoms with E-state index in [0.29, 0.717) is 18.4 Å². The van der Waals surface area contributed by atoms with Crippen molar-refractivity contribution in [3.63, 3.8) is 0 Å². The van der Waals surface area contributed by atoms with Crippen LogP contribution in [0.15, 0.2) is 11.4 Å². The lowest BCUT2D eigenvalue weighted by molar-refractivity contribution is -0.134. The van der Waals surface area contributed by atoms with E-state index in [0.717, 1.165) is 19.6 Å². The smallest absolute Gasteiger partial charge is 0.364 e. The van der Waals surface area contributed by atoms with E-state index in [9.17, 15) is 9.18 Å². The van der Waals surface area contributed by atoms with E-state index < -0.39 is 11.8 Å². The van der Waals surface area contributed by atoms with Gasteiger partial charge >= 0.3 is 5.97 Å². The highest BCUT2D eigenvalue weighted by molar-refractivity contribution is 5.84. The van der Waals surface area contributed by atoms with Crippen LogP contribution in [-0.4, -0.2) is 35.6 Å². The molecule has 4 heteroatoms. The number of halogens is 1. The number of likely N-dealkylation sites (tertiary alicyclic amines) is 1. The Morgan fingerprint density at radius 1 is 1.54 bits per heavy atom. The number of aliphatic carboxylic acids is 1. The first kappa shape index (κ1) is 10.2. The highest BCUT2D eigenvalue weighted by Gasteiger charge is 2.19. The second kappa shape index (κ2) is 4.37. The van der Waals surface area contributed by atoms with Crippen molar-refractivity contribution in [1.82, 2.24) is 4.90 Å². The summed E-state index contributed by atoms with van der Waals surface area (Å²) in [7, 11) is 0. The minimum Gasteiger partial charge on any atom is -0.476 e. The van der Waals surface area contributed by atoms with Crippen LogP contribution >= 0.6 is 0 Å². The number of carboxylic acid groups (broad SMARTS) is 1. The molecule has 0 radical (unpaired) electrons. The Hall–Kier alpha value is -0.900. The molecule has 0 saturated carbocycles. The van der Waals surface area contributed by atoms with Gasteiger partial charge in [-0.1, -0.05) is 6.92 Å². The summed E-state index contributed by atoms with van der Waals surface area (Å²) in [6.07, 6.45) is 1.10. The van der Waals surface area contributed by atoms with Crippen molar-refractivity contribution in [2.24, 2.45) is 0 Å². The molecule has 13 heavy (non-hydrogen) atoms. The molecular weight excluding hydrogens is 173 g/mol. The predicted molar refractivity (Wildman–Crippen MR) is 47.1 cm³/mol. The quantitative estimate of drug-likeness (QED) is 0.664. The van der Waals surface area contributed by atoms with Gasteiger partial charge in [0.15, 0.2) is 0 Å². The Labute approximate surface area is 76.8 Å². The van der Waals surface area contributed by atoms with Crippen LogP contribution in [0.2, 0.25) is 0 Å². The lowest BCUT2D eigenvalue weighted by Gasteiger charge is -2.26. The molecule has 1 rings (SSSR count). The zero-order valence-electron chi connectivity index (χ0n) is 7.72. The van der Waals surface area contributed by atoms with Gasteiger partial charge in [-0.05, 0) is 25.0 Å². The third-order valence-corrected chi connectivity index (χ3v) is 2.41. The van der Waals surface area contributed by atoms with E-state index in [1.807, 2.05) is 6.92 Å². The third kappa shape index (κ3) is 2.52. The van der Waals surface area contributed by atoms with Crippen molar-refractivity contribution in [3.05, 3.63) is 11.4 Å². The molecule has 3 nitrogen and oxygen atoms in total. The van der Waals surface area contributed by atoms with Gasteiger partial charge in [-0.2, -0.15) is 4.39 Å². The Bertz CT molecular complexity index is 228. The number of nitrogens with zero attached hydrogens (tertiary/aromatic N) is 1. The summed E-state index contributed by atoms with van der Waals surface area (Å²) in [4.78, 5) is 12.5. The van der Waals surface area contributed by atoms with Crippen molar-refractivity contribution in [2.45, 2.75) is 19.8 Å². The van der Waals surface area contributed by atoms with E-state index in [1.54, 1.807) is 0 Å². The lowest BCUT2D eigenvalue weighted by Crippen LogP contribution is -2.30. The molecule has 0 bridgehead atoms. The van der Waals surface area contributed by atoms with Crippen LogP contribution in [0.1, 0.15) is 19.8 Å². The first-order chi connectivity index (χ1) is 6.15. The fourth-order valence-corrected chi connectivity index (χ4v) is 1.51. The van der Waals surface area contributed by atoms with Crippen LogP contribution in [0, 0.1) is 0 Å². The molecule has 0 spiro atoms. The number of hydrogen-bond donors (Lipinski definition) is 1. The van der Waals surface area contributed by atoms with Crippen molar-refractivity contribution in [1.29, 1.82) is 0 Å². The summed E-state index contributed by atoms with van der Waals surface area (Å²) in [6.45, 7) is 4.53. The molecule has 1 fully saturated rings. The van der Waals surface area contributed by atoms with Crippen molar-refractivity contribution in [2.75, 3.05) is 19.6 Å². The van der Waals surface area contributed by atoms with Gasteiger partial charge < -0.3 is 10.0 Å². The van der Waals surface area contributed by atoms with Gasteiger partial charge in [0.05, 0.1) is 0 Å². The SMILES string of the molecule is CCN1CCC(=C(F)C(=O)O)CC1. The molecule has 74 valence electrons. The minimum atomic E-state index is -1.43. The Morgan fingerprint density at radius 2 is 2.08 bits per heavy atom. The molecule has 0 unspecified atom stereocenters. The molecule has 0 atom stereocenters. The first-order valence-electron chi connectivity index (χ1n) is 4.48. The lowest BCUT2D eigenvalue weighted by atomic mass is 10.0. The predicted octanol–water partition coefficient (Wildman–Crippen LogP) is 1.41. The van der Waals surface area contributed by atoms with Crippen LogP contribution in [0.5, 0.6) is 0 Å². The second-order valence-electron chi connectivity index (χ2n) is 3.16. The summed E-state index contributed by atoms with van der Waals surface area (Å²) in [5, 5.41) is 8.41. The highest BCUT2D eigenvalue weighted by Crippen LogP contribution is 2.20. The first-order valence-corrected chi connectivity index (χ1v) is 4.48. The normalized spacial score (nSPS) is 18.8. The van der Waals surface area contributed by atoms with E-state index in [2.05, 4.69) is 4.90 Å². The van der Waals surface area contributed by atoms with Crippen LogP contribution in [0.4, 0.5) is 4.39 Å². The maximum absolute atomic E-state index is 12.9. The van der Waals surface area contributed by atoms with Crippen molar-refractivity contribution < 1.29 is 14.3 Å². The Morgan fingerprint density at radius 3 is 2.46 bits per heavy atom. The van der Waals surface area contributed by atoms with Crippen LogP contribution in [0.3, 0.4) is 0 Å².